The van der Waals surface area contributed by atoms with Crippen LogP contribution in [0.5, 0.6) is 0 Å². The zero-order valence-electron chi connectivity index (χ0n) is 11.5. The number of ether oxygens (including phenoxy) is 1. The SMILES string of the molecule is COC(CNC(=O)c1cc(C(C)C)nn1C)C(=O)O. The van der Waals surface area contributed by atoms with E-state index in [1.165, 1.54) is 11.8 Å². The van der Waals surface area contributed by atoms with Gasteiger partial charge in [-0.2, -0.15) is 5.10 Å². The lowest BCUT2D eigenvalue weighted by Gasteiger charge is -2.11. The third-order valence-corrected chi connectivity index (χ3v) is 2.73. The van der Waals surface area contributed by atoms with Crippen LogP contribution in [0.4, 0.5) is 0 Å². The monoisotopic (exact) mass is 269 g/mol. The molecule has 0 radical (unpaired) electrons. The van der Waals surface area contributed by atoms with Gasteiger partial charge in [-0.05, 0) is 12.0 Å². The predicted octanol–water partition coefficient (Wildman–Crippen LogP) is 0.373. The van der Waals surface area contributed by atoms with Crippen molar-refractivity contribution in [3.63, 3.8) is 0 Å². The summed E-state index contributed by atoms with van der Waals surface area (Å²) in [5.41, 5.74) is 1.21. The van der Waals surface area contributed by atoms with Gasteiger partial charge in [0.1, 0.15) is 5.69 Å². The van der Waals surface area contributed by atoms with Crippen molar-refractivity contribution in [2.24, 2.45) is 7.05 Å². The Balaban J connectivity index is 2.71. The minimum atomic E-state index is -1.12. The van der Waals surface area contributed by atoms with E-state index >= 15 is 0 Å². The van der Waals surface area contributed by atoms with E-state index in [0.717, 1.165) is 5.69 Å². The molecule has 1 aromatic rings. The van der Waals surface area contributed by atoms with Gasteiger partial charge in [-0.3, -0.25) is 9.48 Å². The number of rotatable bonds is 6. The van der Waals surface area contributed by atoms with Gasteiger partial charge >= 0.3 is 5.97 Å². The second-order valence-electron chi connectivity index (χ2n) is 4.51. The summed E-state index contributed by atoms with van der Waals surface area (Å²) in [5, 5.41) is 15.5. The van der Waals surface area contributed by atoms with Gasteiger partial charge in [0.15, 0.2) is 6.10 Å². The molecule has 1 unspecified atom stereocenters. The van der Waals surface area contributed by atoms with Gasteiger partial charge in [0.05, 0.1) is 12.2 Å². The molecule has 19 heavy (non-hydrogen) atoms. The molecule has 106 valence electrons. The number of amides is 1. The molecule has 0 fully saturated rings. The Kier molecular flexibility index (Phi) is 5.05. The van der Waals surface area contributed by atoms with E-state index in [0.29, 0.717) is 5.69 Å². The van der Waals surface area contributed by atoms with Crippen LogP contribution in [0.1, 0.15) is 35.9 Å². The molecule has 0 bridgehead atoms. The molecule has 1 atom stereocenters. The first kappa shape index (κ1) is 15.2. The van der Waals surface area contributed by atoms with Gasteiger partial charge in [-0.25, -0.2) is 4.79 Å². The fourth-order valence-corrected chi connectivity index (χ4v) is 1.53. The zero-order valence-corrected chi connectivity index (χ0v) is 11.5. The number of nitrogens with zero attached hydrogens (tertiary/aromatic N) is 2. The third-order valence-electron chi connectivity index (χ3n) is 2.73. The maximum absolute atomic E-state index is 11.9. The minimum Gasteiger partial charge on any atom is -0.479 e. The number of carboxylic acid groups (broad SMARTS) is 1. The van der Waals surface area contributed by atoms with Gasteiger partial charge in [0.2, 0.25) is 0 Å². The summed E-state index contributed by atoms with van der Waals surface area (Å²) in [7, 11) is 2.96. The highest BCUT2D eigenvalue weighted by Gasteiger charge is 2.20. The van der Waals surface area contributed by atoms with Crippen LogP contribution >= 0.6 is 0 Å². The second kappa shape index (κ2) is 6.33. The third kappa shape index (κ3) is 3.78. The van der Waals surface area contributed by atoms with E-state index in [1.54, 1.807) is 13.1 Å². The lowest BCUT2D eigenvalue weighted by Crippen LogP contribution is -2.38. The minimum absolute atomic E-state index is 0.0904. The molecule has 0 aliphatic rings. The standard InChI is InChI=1S/C12H19N3O4/c1-7(2)8-5-9(15(3)14-8)11(16)13-6-10(19-4)12(17)18/h5,7,10H,6H2,1-4H3,(H,13,16)(H,17,18). The molecule has 0 spiro atoms. The molecule has 1 aromatic heterocycles. The Morgan fingerprint density at radius 3 is 2.58 bits per heavy atom. The van der Waals surface area contributed by atoms with Crippen molar-refractivity contribution >= 4 is 11.9 Å². The van der Waals surface area contributed by atoms with Gasteiger partial charge < -0.3 is 15.2 Å². The lowest BCUT2D eigenvalue weighted by molar-refractivity contribution is -0.148. The van der Waals surface area contributed by atoms with E-state index < -0.39 is 12.1 Å². The Labute approximate surface area is 111 Å². The molecule has 1 rings (SSSR count). The highest BCUT2D eigenvalue weighted by atomic mass is 16.5. The number of carbonyl (C=O) groups excluding carboxylic acids is 1. The number of aliphatic carboxylic acids is 1. The molecule has 0 saturated heterocycles. The average molecular weight is 269 g/mol. The first-order valence-corrected chi connectivity index (χ1v) is 5.94. The lowest BCUT2D eigenvalue weighted by atomic mass is 10.1. The van der Waals surface area contributed by atoms with E-state index in [-0.39, 0.29) is 18.4 Å². The smallest absolute Gasteiger partial charge is 0.334 e. The summed E-state index contributed by atoms with van der Waals surface area (Å²) in [5.74, 6) is -1.26. The number of hydrogen-bond acceptors (Lipinski definition) is 4. The van der Waals surface area contributed by atoms with Crippen molar-refractivity contribution in [2.45, 2.75) is 25.9 Å². The zero-order chi connectivity index (χ0) is 14.6. The molecule has 0 saturated carbocycles. The van der Waals surface area contributed by atoms with Crippen molar-refractivity contribution < 1.29 is 19.4 Å². The van der Waals surface area contributed by atoms with Crippen LogP contribution in [0, 0.1) is 0 Å². The average Bonchev–Trinajstić information content (AvgIpc) is 2.71. The Hall–Kier alpha value is -1.89. The molecular weight excluding hydrogens is 250 g/mol. The topological polar surface area (TPSA) is 93.5 Å². The maximum atomic E-state index is 11.9. The number of nitrogens with one attached hydrogen (secondary N) is 1. The Morgan fingerprint density at radius 1 is 1.53 bits per heavy atom. The number of carboxylic acids is 1. The van der Waals surface area contributed by atoms with Crippen molar-refractivity contribution in [3.8, 4) is 0 Å². The van der Waals surface area contributed by atoms with Crippen LogP contribution in [0.2, 0.25) is 0 Å². The van der Waals surface area contributed by atoms with E-state index in [1.807, 2.05) is 13.8 Å². The van der Waals surface area contributed by atoms with Crippen LogP contribution in [-0.2, 0) is 16.6 Å². The first-order valence-electron chi connectivity index (χ1n) is 5.94. The summed E-state index contributed by atoms with van der Waals surface area (Å²) >= 11 is 0. The molecule has 0 aromatic carbocycles. The highest BCUT2D eigenvalue weighted by molar-refractivity contribution is 5.93. The molecule has 2 N–H and O–H groups in total. The summed E-state index contributed by atoms with van der Waals surface area (Å²) in [6.07, 6.45) is -1.05. The number of hydrogen-bond donors (Lipinski definition) is 2. The molecule has 7 nitrogen and oxygen atoms in total. The van der Waals surface area contributed by atoms with E-state index in [9.17, 15) is 9.59 Å². The van der Waals surface area contributed by atoms with Crippen molar-refractivity contribution in [1.82, 2.24) is 15.1 Å². The van der Waals surface area contributed by atoms with Crippen molar-refractivity contribution in [1.29, 1.82) is 0 Å². The summed E-state index contributed by atoms with van der Waals surface area (Å²) in [6, 6.07) is 1.70. The maximum Gasteiger partial charge on any atom is 0.334 e. The highest BCUT2D eigenvalue weighted by Crippen LogP contribution is 2.13. The number of methoxy groups -OCH3 is 1. The van der Waals surface area contributed by atoms with Crippen LogP contribution < -0.4 is 5.32 Å². The van der Waals surface area contributed by atoms with Crippen LogP contribution in [0.25, 0.3) is 0 Å². The normalized spacial score (nSPS) is 12.5. The van der Waals surface area contributed by atoms with Crippen LogP contribution in [0.15, 0.2) is 6.07 Å². The van der Waals surface area contributed by atoms with Crippen molar-refractivity contribution in [2.75, 3.05) is 13.7 Å². The molecule has 7 heteroatoms. The number of aromatic nitrogens is 2. The fraction of sp³-hybridized carbons (Fsp3) is 0.583. The molecule has 1 heterocycles. The predicted molar refractivity (Wildman–Crippen MR) is 68.1 cm³/mol. The molecule has 0 aliphatic heterocycles. The summed E-state index contributed by atoms with van der Waals surface area (Å²) in [4.78, 5) is 22.7. The van der Waals surface area contributed by atoms with Gasteiger partial charge in [-0.1, -0.05) is 13.8 Å². The summed E-state index contributed by atoms with van der Waals surface area (Å²) in [6.45, 7) is 3.87. The van der Waals surface area contributed by atoms with E-state index in [2.05, 4.69) is 10.4 Å². The number of aryl methyl sites for hydroxylation is 1. The van der Waals surface area contributed by atoms with Crippen LogP contribution in [-0.4, -0.2) is 46.5 Å². The molecule has 1 amide bonds. The van der Waals surface area contributed by atoms with Crippen LogP contribution in [0.3, 0.4) is 0 Å². The summed E-state index contributed by atoms with van der Waals surface area (Å²) < 4.78 is 6.21. The number of carbonyl (C=O) groups is 2. The van der Waals surface area contributed by atoms with Gasteiger partial charge in [-0.15, -0.1) is 0 Å². The fourth-order valence-electron chi connectivity index (χ4n) is 1.53. The quantitative estimate of drug-likeness (QED) is 0.778. The Bertz CT molecular complexity index is 468. The Morgan fingerprint density at radius 2 is 2.16 bits per heavy atom. The molecular formula is C12H19N3O4. The van der Waals surface area contributed by atoms with Gasteiger partial charge in [0, 0.05) is 14.2 Å². The largest absolute Gasteiger partial charge is 0.479 e. The van der Waals surface area contributed by atoms with Gasteiger partial charge in [0.25, 0.3) is 5.91 Å². The second-order valence-corrected chi connectivity index (χ2v) is 4.51. The first-order chi connectivity index (χ1) is 8.86. The molecule has 0 aliphatic carbocycles. The van der Waals surface area contributed by atoms with Crippen molar-refractivity contribution in [3.05, 3.63) is 17.5 Å². The van der Waals surface area contributed by atoms with E-state index in [4.69, 9.17) is 9.84 Å².